The lowest BCUT2D eigenvalue weighted by atomic mass is 10.1. The maximum Gasteiger partial charge on any atom is 0.229 e. The second-order valence-electron chi connectivity index (χ2n) is 4.18. The molecule has 1 aliphatic rings. The van der Waals surface area contributed by atoms with Gasteiger partial charge in [0.15, 0.2) is 0 Å². The van der Waals surface area contributed by atoms with Gasteiger partial charge >= 0.3 is 0 Å². The number of carbonyl (C=O) groups excluding carboxylic acids is 2. The Kier molecular flexibility index (Phi) is 3.93. The van der Waals surface area contributed by atoms with Crippen molar-refractivity contribution in [3.63, 3.8) is 0 Å². The number of hydrogen-bond donors (Lipinski definition) is 1. The number of nitrogens with two attached hydrogens (primary N) is 1. The Labute approximate surface area is 110 Å². The van der Waals surface area contributed by atoms with Crippen LogP contribution in [0.5, 0.6) is 0 Å². The van der Waals surface area contributed by atoms with E-state index in [0.717, 1.165) is 0 Å². The zero-order valence-corrected chi connectivity index (χ0v) is 10.3. The largest absolute Gasteiger partial charge is 0.320 e. The predicted octanol–water partition coefficient (Wildman–Crippen LogP) is 0.785. The van der Waals surface area contributed by atoms with Gasteiger partial charge in [0.25, 0.3) is 0 Å². The lowest BCUT2D eigenvalue weighted by Crippen LogP contribution is -2.28. The molecule has 98 valence electrons. The van der Waals surface area contributed by atoms with Crippen molar-refractivity contribution in [2.45, 2.75) is 19.4 Å². The molecule has 5 heteroatoms. The van der Waals surface area contributed by atoms with Crippen LogP contribution >= 0.6 is 0 Å². The molecule has 2 amide bonds. The number of benzene rings is 1. The van der Waals surface area contributed by atoms with Crippen molar-refractivity contribution >= 4 is 11.8 Å². The molecule has 4 nitrogen and oxygen atoms in total. The first kappa shape index (κ1) is 13.2. The number of carbonyl (C=O) groups is 2. The van der Waals surface area contributed by atoms with E-state index in [4.69, 9.17) is 5.73 Å². The number of hydrogen-bond acceptors (Lipinski definition) is 3. The fourth-order valence-corrected chi connectivity index (χ4v) is 1.92. The third kappa shape index (κ3) is 2.98. The minimum absolute atomic E-state index is 0.131. The smallest absolute Gasteiger partial charge is 0.229 e. The zero-order chi connectivity index (χ0) is 13.8. The SMILES string of the molecule is NCC#Cc1cc(F)ccc1CN1C(=O)CCC1=O. The lowest BCUT2D eigenvalue weighted by Gasteiger charge is -2.15. The van der Waals surface area contributed by atoms with Crippen molar-refractivity contribution in [1.29, 1.82) is 0 Å². The van der Waals surface area contributed by atoms with Gasteiger partial charge in [-0.25, -0.2) is 4.39 Å². The van der Waals surface area contributed by atoms with Crippen LogP contribution in [-0.2, 0) is 16.1 Å². The van der Waals surface area contributed by atoms with Crippen LogP contribution in [0.4, 0.5) is 4.39 Å². The van der Waals surface area contributed by atoms with Crippen LogP contribution in [-0.4, -0.2) is 23.3 Å². The van der Waals surface area contributed by atoms with E-state index >= 15 is 0 Å². The van der Waals surface area contributed by atoms with E-state index in [-0.39, 0.29) is 37.7 Å². The first-order valence-corrected chi connectivity index (χ1v) is 5.92. The number of amides is 2. The number of nitrogens with zero attached hydrogens (tertiary/aromatic N) is 1. The first-order chi connectivity index (χ1) is 9.11. The third-order valence-corrected chi connectivity index (χ3v) is 2.88. The Bertz CT molecular complexity index is 571. The molecule has 0 spiro atoms. The summed E-state index contributed by atoms with van der Waals surface area (Å²) in [4.78, 5) is 24.3. The summed E-state index contributed by atoms with van der Waals surface area (Å²) in [5, 5.41) is 0. The summed E-state index contributed by atoms with van der Waals surface area (Å²) >= 11 is 0. The van der Waals surface area contributed by atoms with Crippen molar-refractivity contribution in [3.05, 3.63) is 35.1 Å². The Morgan fingerprint density at radius 3 is 2.58 bits per heavy atom. The van der Waals surface area contributed by atoms with Crippen molar-refractivity contribution < 1.29 is 14.0 Å². The average molecular weight is 260 g/mol. The van der Waals surface area contributed by atoms with Crippen LogP contribution in [0.1, 0.15) is 24.0 Å². The minimum Gasteiger partial charge on any atom is -0.320 e. The molecule has 1 aliphatic heterocycles. The molecule has 2 rings (SSSR count). The van der Waals surface area contributed by atoms with Gasteiger partial charge in [-0.2, -0.15) is 0 Å². The van der Waals surface area contributed by atoms with Crippen LogP contribution < -0.4 is 5.73 Å². The molecular weight excluding hydrogens is 247 g/mol. The second kappa shape index (κ2) is 5.63. The highest BCUT2D eigenvalue weighted by Gasteiger charge is 2.29. The highest BCUT2D eigenvalue weighted by atomic mass is 19.1. The number of rotatable bonds is 2. The van der Waals surface area contributed by atoms with Gasteiger partial charge in [-0.15, -0.1) is 0 Å². The van der Waals surface area contributed by atoms with E-state index in [9.17, 15) is 14.0 Å². The summed E-state index contributed by atoms with van der Waals surface area (Å²) < 4.78 is 13.2. The van der Waals surface area contributed by atoms with Crippen molar-refractivity contribution in [2.75, 3.05) is 6.54 Å². The van der Waals surface area contributed by atoms with Crippen molar-refractivity contribution in [2.24, 2.45) is 5.73 Å². The average Bonchev–Trinajstić information content (AvgIpc) is 2.70. The van der Waals surface area contributed by atoms with Crippen molar-refractivity contribution in [1.82, 2.24) is 4.90 Å². The minimum atomic E-state index is -0.413. The van der Waals surface area contributed by atoms with E-state index in [1.165, 1.54) is 23.1 Å². The van der Waals surface area contributed by atoms with E-state index < -0.39 is 5.82 Å². The number of halogens is 1. The molecule has 0 aromatic heterocycles. The molecule has 19 heavy (non-hydrogen) atoms. The molecule has 0 aliphatic carbocycles. The normalized spacial score (nSPS) is 14.5. The van der Waals surface area contributed by atoms with Gasteiger partial charge in [0, 0.05) is 18.4 Å². The van der Waals surface area contributed by atoms with Gasteiger partial charge in [-0.3, -0.25) is 14.5 Å². The Morgan fingerprint density at radius 2 is 1.95 bits per heavy atom. The molecule has 1 saturated heterocycles. The highest BCUT2D eigenvalue weighted by molar-refractivity contribution is 6.01. The van der Waals surface area contributed by atoms with Gasteiger partial charge in [-0.1, -0.05) is 17.9 Å². The van der Waals surface area contributed by atoms with Gasteiger partial charge in [0.1, 0.15) is 5.82 Å². The van der Waals surface area contributed by atoms with E-state index in [1.54, 1.807) is 0 Å². The summed E-state index contributed by atoms with van der Waals surface area (Å²) in [6.45, 7) is 0.296. The molecule has 0 bridgehead atoms. The van der Waals surface area contributed by atoms with E-state index in [1.807, 2.05) is 0 Å². The highest BCUT2D eigenvalue weighted by Crippen LogP contribution is 2.18. The Balaban J connectivity index is 2.29. The molecule has 2 N–H and O–H groups in total. The standard InChI is InChI=1S/C14H13FN2O2/c15-12-4-3-11(10(8-12)2-1-7-16)9-17-13(18)5-6-14(17)19/h3-4,8H,5-7,9,16H2. The molecule has 0 saturated carbocycles. The summed E-state index contributed by atoms with van der Waals surface area (Å²) in [5.74, 6) is 4.58. The van der Waals surface area contributed by atoms with Crippen LogP contribution in [0.2, 0.25) is 0 Å². The monoisotopic (exact) mass is 260 g/mol. The van der Waals surface area contributed by atoms with Crippen LogP contribution in [0.15, 0.2) is 18.2 Å². The molecule has 0 radical (unpaired) electrons. The molecular formula is C14H13FN2O2. The maximum absolute atomic E-state index is 13.2. The fourth-order valence-electron chi connectivity index (χ4n) is 1.92. The fraction of sp³-hybridized carbons (Fsp3) is 0.286. The van der Waals surface area contributed by atoms with Gasteiger partial charge < -0.3 is 5.73 Å². The number of likely N-dealkylation sites (tertiary alicyclic amines) is 1. The Hall–Kier alpha value is -2.19. The van der Waals surface area contributed by atoms with E-state index in [0.29, 0.717) is 11.1 Å². The van der Waals surface area contributed by atoms with Crippen LogP contribution in [0.25, 0.3) is 0 Å². The van der Waals surface area contributed by atoms with Crippen LogP contribution in [0, 0.1) is 17.7 Å². The summed E-state index contributed by atoms with van der Waals surface area (Å²) in [5.41, 5.74) is 6.39. The predicted molar refractivity (Wildman–Crippen MR) is 67.1 cm³/mol. The summed E-state index contributed by atoms with van der Waals surface area (Å²) in [7, 11) is 0. The van der Waals surface area contributed by atoms with E-state index in [2.05, 4.69) is 11.8 Å². The molecule has 1 aromatic carbocycles. The molecule has 1 aromatic rings. The molecule has 0 unspecified atom stereocenters. The first-order valence-electron chi connectivity index (χ1n) is 5.92. The molecule has 1 fully saturated rings. The van der Waals surface area contributed by atoms with Crippen LogP contribution in [0.3, 0.4) is 0 Å². The molecule has 0 atom stereocenters. The van der Waals surface area contributed by atoms with Gasteiger partial charge in [0.05, 0.1) is 13.1 Å². The van der Waals surface area contributed by atoms with Gasteiger partial charge in [0.2, 0.25) is 11.8 Å². The second-order valence-corrected chi connectivity index (χ2v) is 4.18. The number of imide groups is 1. The third-order valence-electron chi connectivity index (χ3n) is 2.88. The lowest BCUT2D eigenvalue weighted by molar-refractivity contribution is -0.139. The Morgan fingerprint density at radius 1 is 1.26 bits per heavy atom. The zero-order valence-electron chi connectivity index (χ0n) is 10.3. The summed E-state index contributed by atoms with van der Waals surface area (Å²) in [6, 6.07) is 4.10. The summed E-state index contributed by atoms with van der Waals surface area (Å²) in [6.07, 6.45) is 0.480. The van der Waals surface area contributed by atoms with Gasteiger partial charge in [-0.05, 0) is 17.7 Å². The quantitative estimate of drug-likeness (QED) is 0.631. The maximum atomic E-state index is 13.2. The molecule has 1 heterocycles. The van der Waals surface area contributed by atoms with Crippen molar-refractivity contribution in [3.8, 4) is 11.8 Å². The topological polar surface area (TPSA) is 63.4 Å².